The van der Waals surface area contributed by atoms with Gasteiger partial charge in [0.25, 0.3) is 0 Å². The van der Waals surface area contributed by atoms with Gasteiger partial charge in [-0.1, -0.05) is 90.5 Å². The van der Waals surface area contributed by atoms with Gasteiger partial charge in [-0.3, -0.25) is 9.59 Å². The average Bonchev–Trinajstić information content (AvgIpc) is 2.77. The third kappa shape index (κ3) is 5.94. The summed E-state index contributed by atoms with van der Waals surface area (Å²) in [6, 6.07) is 26.0. The molecule has 3 rings (SSSR count). The molecule has 0 radical (unpaired) electrons. The van der Waals surface area contributed by atoms with Crippen molar-refractivity contribution in [1.82, 2.24) is 10.2 Å². The first-order valence-electron chi connectivity index (χ1n) is 9.93. The van der Waals surface area contributed by atoms with Gasteiger partial charge in [0.05, 0.1) is 6.42 Å². The number of amides is 2. The summed E-state index contributed by atoms with van der Waals surface area (Å²) >= 11 is 6.18. The lowest BCUT2D eigenvalue weighted by molar-refractivity contribution is -0.140. The molecule has 0 saturated carbocycles. The Bertz CT molecular complexity index is 977. The summed E-state index contributed by atoms with van der Waals surface area (Å²) in [6.45, 7) is 2.44. The maximum Gasteiger partial charge on any atom is 0.242 e. The minimum Gasteiger partial charge on any atom is -0.350 e. The Morgan fingerprint density at radius 2 is 1.43 bits per heavy atom. The second-order valence-corrected chi connectivity index (χ2v) is 7.56. The Morgan fingerprint density at radius 1 is 0.867 bits per heavy atom. The Hall–Kier alpha value is -3.11. The molecule has 3 aromatic rings. The smallest absolute Gasteiger partial charge is 0.242 e. The Balaban J connectivity index is 1.73. The average molecular weight is 421 g/mol. The van der Waals surface area contributed by atoms with Crippen molar-refractivity contribution in [3.63, 3.8) is 0 Å². The van der Waals surface area contributed by atoms with Gasteiger partial charge in [-0.25, -0.2) is 0 Å². The fourth-order valence-corrected chi connectivity index (χ4v) is 3.41. The molecular formula is C25H25ClN2O2. The topological polar surface area (TPSA) is 49.4 Å². The zero-order chi connectivity index (χ0) is 21.3. The number of hydrogen-bond acceptors (Lipinski definition) is 2. The van der Waals surface area contributed by atoms with Crippen LogP contribution in [0.1, 0.15) is 23.6 Å². The van der Waals surface area contributed by atoms with Crippen LogP contribution in [0.25, 0.3) is 0 Å². The molecule has 4 nitrogen and oxygen atoms in total. The molecule has 154 valence electrons. The van der Waals surface area contributed by atoms with E-state index in [4.69, 9.17) is 11.6 Å². The van der Waals surface area contributed by atoms with Crippen molar-refractivity contribution in [2.75, 3.05) is 0 Å². The monoisotopic (exact) mass is 420 g/mol. The summed E-state index contributed by atoms with van der Waals surface area (Å²) in [4.78, 5) is 27.6. The van der Waals surface area contributed by atoms with Crippen molar-refractivity contribution in [2.24, 2.45) is 0 Å². The van der Waals surface area contributed by atoms with Gasteiger partial charge in [0.1, 0.15) is 6.04 Å². The molecule has 5 heteroatoms. The Kier molecular flexibility index (Phi) is 7.63. The van der Waals surface area contributed by atoms with E-state index in [9.17, 15) is 9.59 Å². The normalized spacial score (nSPS) is 11.5. The highest BCUT2D eigenvalue weighted by molar-refractivity contribution is 6.31. The van der Waals surface area contributed by atoms with Gasteiger partial charge in [-0.15, -0.1) is 0 Å². The fourth-order valence-electron chi connectivity index (χ4n) is 3.21. The number of carbonyl (C=O) groups is 2. The zero-order valence-electron chi connectivity index (χ0n) is 16.9. The van der Waals surface area contributed by atoms with Crippen LogP contribution in [0.15, 0.2) is 84.9 Å². The van der Waals surface area contributed by atoms with Crippen LogP contribution in [0, 0.1) is 0 Å². The van der Waals surface area contributed by atoms with Crippen molar-refractivity contribution in [1.29, 1.82) is 0 Å². The molecule has 0 bridgehead atoms. The maximum atomic E-state index is 13.1. The molecule has 1 N–H and O–H groups in total. The predicted molar refractivity (Wildman–Crippen MR) is 120 cm³/mol. The number of carbonyl (C=O) groups excluding carboxylic acids is 2. The minimum atomic E-state index is -0.621. The standard InChI is InChI=1S/C25H25ClN2O2/c1-19(25(30)27-17-22-14-8-9-15-23(22)26)28(18-21-12-6-3-7-13-21)24(29)16-20-10-4-2-5-11-20/h2-15,19H,16-18H2,1H3,(H,27,30). The summed E-state index contributed by atoms with van der Waals surface area (Å²) in [6.07, 6.45) is 0.246. The van der Waals surface area contributed by atoms with Crippen LogP contribution < -0.4 is 5.32 Å². The van der Waals surface area contributed by atoms with Crippen LogP contribution in [0.5, 0.6) is 0 Å². The van der Waals surface area contributed by atoms with Crippen LogP contribution in [-0.4, -0.2) is 22.8 Å². The molecule has 0 fully saturated rings. The predicted octanol–water partition coefficient (Wildman–Crippen LogP) is 4.62. The van der Waals surface area contributed by atoms with E-state index in [1.807, 2.05) is 78.9 Å². The van der Waals surface area contributed by atoms with Crippen molar-refractivity contribution in [2.45, 2.75) is 32.5 Å². The molecule has 1 unspecified atom stereocenters. The SMILES string of the molecule is CC(C(=O)NCc1ccccc1Cl)N(Cc1ccccc1)C(=O)Cc1ccccc1. The lowest BCUT2D eigenvalue weighted by Crippen LogP contribution is -2.48. The van der Waals surface area contributed by atoms with E-state index in [0.29, 0.717) is 18.1 Å². The maximum absolute atomic E-state index is 13.1. The number of benzene rings is 3. The van der Waals surface area contributed by atoms with Gasteiger partial charge in [0.15, 0.2) is 0 Å². The summed E-state index contributed by atoms with van der Waals surface area (Å²) in [5.74, 6) is -0.308. The molecule has 3 aromatic carbocycles. The van der Waals surface area contributed by atoms with Crippen molar-refractivity contribution >= 4 is 23.4 Å². The van der Waals surface area contributed by atoms with Crippen molar-refractivity contribution in [3.05, 3.63) is 107 Å². The van der Waals surface area contributed by atoms with Crippen molar-refractivity contribution < 1.29 is 9.59 Å². The van der Waals surface area contributed by atoms with Gasteiger partial charge < -0.3 is 10.2 Å². The number of nitrogens with zero attached hydrogens (tertiary/aromatic N) is 1. The van der Waals surface area contributed by atoms with E-state index >= 15 is 0 Å². The van der Waals surface area contributed by atoms with Gasteiger partial charge in [-0.2, -0.15) is 0 Å². The quantitative estimate of drug-likeness (QED) is 0.578. The molecule has 0 aliphatic carbocycles. The lowest BCUT2D eigenvalue weighted by Gasteiger charge is -2.29. The van der Waals surface area contributed by atoms with Crippen LogP contribution in [0.2, 0.25) is 5.02 Å². The molecular weight excluding hydrogens is 396 g/mol. The first-order valence-corrected chi connectivity index (χ1v) is 10.3. The number of hydrogen-bond donors (Lipinski definition) is 1. The van der Waals surface area contributed by atoms with Gasteiger partial charge in [0, 0.05) is 18.1 Å². The Morgan fingerprint density at radius 3 is 2.07 bits per heavy atom. The molecule has 30 heavy (non-hydrogen) atoms. The van der Waals surface area contributed by atoms with Gasteiger partial charge in [0.2, 0.25) is 11.8 Å². The molecule has 1 atom stereocenters. The lowest BCUT2D eigenvalue weighted by atomic mass is 10.1. The second kappa shape index (κ2) is 10.6. The minimum absolute atomic E-state index is 0.0922. The first-order chi connectivity index (χ1) is 14.5. The third-order valence-corrected chi connectivity index (χ3v) is 5.34. The van der Waals surface area contributed by atoms with E-state index in [1.165, 1.54) is 0 Å². The van der Waals surface area contributed by atoms with E-state index in [0.717, 1.165) is 16.7 Å². The molecule has 0 aliphatic rings. The first kappa shape index (κ1) is 21.6. The third-order valence-electron chi connectivity index (χ3n) is 4.97. The molecule has 0 spiro atoms. The molecule has 0 heterocycles. The van der Waals surface area contributed by atoms with Crippen LogP contribution in [0.3, 0.4) is 0 Å². The molecule has 2 amide bonds. The Labute approximate surface area is 182 Å². The van der Waals surface area contributed by atoms with E-state index in [2.05, 4.69) is 5.32 Å². The molecule has 0 aromatic heterocycles. The highest BCUT2D eigenvalue weighted by Crippen LogP contribution is 2.16. The molecule has 0 aliphatic heterocycles. The highest BCUT2D eigenvalue weighted by atomic mass is 35.5. The number of nitrogens with one attached hydrogen (secondary N) is 1. The van der Waals surface area contributed by atoms with Crippen LogP contribution >= 0.6 is 11.6 Å². The number of halogens is 1. The summed E-state index contributed by atoms with van der Waals surface area (Å²) in [5, 5.41) is 3.51. The fraction of sp³-hybridized carbons (Fsp3) is 0.200. The highest BCUT2D eigenvalue weighted by Gasteiger charge is 2.26. The van der Waals surface area contributed by atoms with Crippen LogP contribution in [0.4, 0.5) is 0 Å². The summed E-state index contributed by atoms with van der Waals surface area (Å²) < 4.78 is 0. The summed E-state index contributed by atoms with van der Waals surface area (Å²) in [7, 11) is 0. The second-order valence-electron chi connectivity index (χ2n) is 7.15. The van der Waals surface area contributed by atoms with Gasteiger partial charge >= 0.3 is 0 Å². The van der Waals surface area contributed by atoms with E-state index in [-0.39, 0.29) is 18.2 Å². The zero-order valence-corrected chi connectivity index (χ0v) is 17.7. The largest absolute Gasteiger partial charge is 0.350 e. The van der Waals surface area contributed by atoms with Crippen molar-refractivity contribution in [3.8, 4) is 0 Å². The van der Waals surface area contributed by atoms with Gasteiger partial charge in [-0.05, 0) is 29.7 Å². The molecule has 0 saturated heterocycles. The van der Waals surface area contributed by atoms with E-state index < -0.39 is 6.04 Å². The summed E-state index contributed by atoms with van der Waals surface area (Å²) in [5.41, 5.74) is 2.74. The van der Waals surface area contributed by atoms with Crippen LogP contribution in [-0.2, 0) is 29.1 Å². The number of rotatable bonds is 8. The van der Waals surface area contributed by atoms with E-state index in [1.54, 1.807) is 17.9 Å².